The molecule has 3 rings (SSSR count). The number of nitrogens with one attached hydrogen (secondary N) is 1. The fraction of sp³-hybridized carbons (Fsp3) is 0.273. The first kappa shape index (κ1) is 19.5. The van der Waals surface area contributed by atoms with Crippen molar-refractivity contribution in [2.75, 3.05) is 18.2 Å². The minimum Gasteiger partial charge on any atom is -0.493 e. The third-order valence-corrected chi connectivity index (χ3v) is 4.13. The van der Waals surface area contributed by atoms with Crippen molar-refractivity contribution in [1.82, 2.24) is 5.43 Å². The first-order valence-electron chi connectivity index (χ1n) is 9.45. The standard InChI is InChI=1S/C22H24N2O4/c1-3-12-27-18-11-10-16(20(15-18)28-13-4-2)14-19-21(25)23-24(22(19)26)17-8-6-5-7-9-17/h5-11,14-15H,3-4,12-13H2,1-2H3,(H,23,25)/b19-14-. The van der Waals surface area contributed by atoms with E-state index in [1.165, 1.54) is 5.01 Å². The summed E-state index contributed by atoms with van der Waals surface area (Å²) in [6, 6.07) is 14.4. The Bertz CT molecular complexity index is 877. The lowest BCUT2D eigenvalue weighted by Gasteiger charge is -2.14. The van der Waals surface area contributed by atoms with E-state index in [9.17, 15) is 9.59 Å². The number of carbonyl (C=O) groups excluding carboxylic acids is 2. The number of anilines is 1. The predicted molar refractivity (Wildman–Crippen MR) is 108 cm³/mol. The molecule has 1 saturated heterocycles. The Balaban J connectivity index is 1.90. The summed E-state index contributed by atoms with van der Waals surface area (Å²) in [4.78, 5) is 25.2. The van der Waals surface area contributed by atoms with Gasteiger partial charge < -0.3 is 9.47 Å². The fourth-order valence-electron chi connectivity index (χ4n) is 2.75. The molecule has 2 aromatic rings. The molecule has 1 heterocycles. The van der Waals surface area contributed by atoms with E-state index in [4.69, 9.17) is 9.47 Å². The molecule has 6 nitrogen and oxygen atoms in total. The number of ether oxygens (including phenoxy) is 2. The quantitative estimate of drug-likeness (QED) is 0.560. The van der Waals surface area contributed by atoms with Crippen LogP contribution < -0.4 is 19.9 Å². The summed E-state index contributed by atoms with van der Waals surface area (Å²) < 4.78 is 11.5. The molecule has 0 spiro atoms. The first-order valence-corrected chi connectivity index (χ1v) is 9.45. The molecule has 0 atom stereocenters. The summed E-state index contributed by atoms with van der Waals surface area (Å²) in [5.74, 6) is 0.440. The summed E-state index contributed by atoms with van der Waals surface area (Å²) in [6.45, 7) is 5.20. The van der Waals surface area contributed by atoms with Gasteiger partial charge in [-0.3, -0.25) is 15.0 Å². The van der Waals surface area contributed by atoms with Gasteiger partial charge in [-0.2, -0.15) is 0 Å². The fourth-order valence-corrected chi connectivity index (χ4v) is 2.75. The molecule has 1 N–H and O–H groups in total. The average Bonchev–Trinajstić information content (AvgIpc) is 3.00. The highest BCUT2D eigenvalue weighted by atomic mass is 16.5. The van der Waals surface area contributed by atoms with E-state index in [0.29, 0.717) is 36.0 Å². The number of amides is 2. The van der Waals surface area contributed by atoms with Crippen LogP contribution in [0.4, 0.5) is 5.69 Å². The molecule has 146 valence electrons. The molecule has 1 aliphatic rings. The maximum Gasteiger partial charge on any atom is 0.282 e. The Morgan fingerprint density at radius 3 is 2.39 bits per heavy atom. The largest absolute Gasteiger partial charge is 0.493 e. The molecular weight excluding hydrogens is 356 g/mol. The highest BCUT2D eigenvalue weighted by molar-refractivity contribution is 6.31. The van der Waals surface area contributed by atoms with Crippen LogP contribution in [0.2, 0.25) is 0 Å². The van der Waals surface area contributed by atoms with Gasteiger partial charge in [-0.05, 0) is 43.2 Å². The van der Waals surface area contributed by atoms with Crippen LogP contribution >= 0.6 is 0 Å². The molecule has 0 radical (unpaired) electrons. The molecule has 6 heteroatoms. The Kier molecular flexibility index (Phi) is 6.32. The molecule has 0 aromatic heterocycles. The first-order chi connectivity index (χ1) is 13.6. The van der Waals surface area contributed by atoms with Gasteiger partial charge in [-0.25, -0.2) is 5.01 Å². The maximum atomic E-state index is 12.8. The van der Waals surface area contributed by atoms with Crippen LogP contribution in [0.1, 0.15) is 32.3 Å². The van der Waals surface area contributed by atoms with Crippen LogP contribution in [0.15, 0.2) is 54.1 Å². The SMILES string of the molecule is CCCOc1ccc(/C=C2/C(=O)NN(c3ccccc3)C2=O)c(OCCC)c1. The molecule has 0 bridgehead atoms. The molecule has 0 saturated carbocycles. The van der Waals surface area contributed by atoms with Gasteiger partial charge >= 0.3 is 0 Å². The van der Waals surface area contributed by atoms with Gasteiger partial charge in [0.25, 0.3) is 11.8 Å². The Morgan fingerprint density at radius 2 is 1.68 bits per heavy atom. The van der Waals surface area contributed by atoms with Gasteiger partial charge in [0.2, 0.25) is 0 Å². The van der Waals surface area contributed by atoms with Crippen LogP contribution in [-0.2, 0) is 9.59 Å². The van der Waals surface area contributed by atoms with E-state index in [1.54, 1.807) is 30.3 Å². The van der Waals surface area contributed by atoms with Crippen molar-refractivity contribution in [3.05, 3.63) is 59.7 Å². The highest BCUT2D eigenvalue weighted by Gasteiger charge is 2.34. The van der Waals surface area contributed by atoms with Crippen LogP contribution in [0, 0.1) is 0 Å². The van der Waals surface area contributed by atoms with E-state index in [1.807, 2.05) is 38.1 Å². The Labute approximate surface area is 164 Å². The van der Waals surface area contributed by atoms with E-state index < -0.39 is 11.8 Å². The number of hydrazine groups is 1. The smallest absolute Gasteiger partial charge is 0.282 e. The van der Waals surface area contributed by atoms with Crippen molar-refractivity contribution >= 4 is 23.6 Å². The van der Waals surface area contributed by atoms with Gasteiger partial charge in [0.1, 0.15) is 17.1 Å². The third-order valence-electron chi connectivity index (χ3n) is 4.13. The van der Waals surface area contributed by atoms with Crippen molar-refractivity contribution < 1.29 is 19.1 Å². The topological polar surface area (TPSA) is 67.9 Å². The number of nitrogens with zero attached hydrogens (tertiary/aromatic N) is 1. The minimum absolute atomic E-state index is 0.0624. The molecule has 1 aliphatic heterocycles. The zero-order valence-electron chi connectivity index (χ0n) is 16.1. The van der Waals surface area contributed by atoms with Gasteiger partial charge in [-0.15, -0.1) is 0 Å². The second-order valence-electron chi connectivity index (χ2n) is 6.37. The highest BCUT2D eigenvalue weighted by Crippen LogP contribution is 2.29. The summed E-state index contributed by atoms with van der Waals surface area (Å²) in [6.07, 6.45) is 3.31. The number of hydrogen-bond donors (Lipinski definition) is 1. The van der Waals surface area contributed by atoms with Crippen LogP contribution in [0.3, 0.4) is 0 Å². The lowest BCUT2D eigenvalue weighted by atomic mass is 10.1. The number of benzene rings is 2. The van der Waals surface area contributed by atoms with Crippen LogP contribution in [-0.4, -0.2) is 25.0 Å². The average molecular weight is 380 g/mol. The van der Waals surface area contributed by atoms with Crippen molar-refractivity contribution in [2.24, 2.45) is 0 Å². The normalized spacial score (nSPS) is 15.1. The van der Waals surface area contributed by atoms with Crippen molar-refractivity contribution in [3.63, 3.8) is 0 Å². The molecule has 2 amide bonds. The molecule has 0 aliphatic carbocycles. The number of hydrogen-bond acceptors (Lipinski definition) is 4. The Hall–Kier alpha value is -3.28. The summed E-state index contributed by atoms with van der Waals surface area (Å²) >= 11 is 0. The van der Waals surface area contributed by atoms with Gasteiger partial charge in [0, 0.05) is 11.6 Å². The molecule has 28 heavy (non-hydrogen) atoms. The summed E-state index contributed by atoms with van der Waals surface area (Å²) in [5, 5.41) is 1.25. The summed E-state index contributed by atoms with van der Waals surface area (Å²) in [7, 11) is 0. The van der Waals surface area contributed by atoms with E-state index in [0.717, 1.165) is 12.8 Å². The second kappa shape index (κ2) is 9.08. The lowest BCUT2D eigenvalue weighted by molar-refractivity contribution is -0.117. The van der Waals surface area contributed by atoms with E-state index in [2.05, 4.69) is 5.43 Å². The van der Waals surface area contributed by atoms with Crippen LogP contribution in [0.5, 0.6) is 11.5 Å². The van der Waals surface area contributed by atoms with Crippen molar-refractivity contribution in [2.45, 2.75) is 26.7 Å². The molecule has 2 aromatic carbocycles. The van der Waals surface area contributed by atoms with Crippen LogP contribution in [0.25, 0.3) is 6.08 Å². The van der Waals surface area contributed by atoms with E-state index >= 15 is 0 Å². The zero-order valence-corrected chi connectivity index (χ0v) is 16.1. The summed E-state index contributed by atoms with van der Waals surface area (Å²) in [5.41, 5.74) is 3.93. The molecular formula is C22H24N2O4. The minimum atomic E-state index is -0.443. The maximum absolute atomic E-state index is 12.8. The van der Waals surface area contributed by atoms with E-state index in [-0.39, 0.29) is 5.57 Å². The molecule has 0 unspecified atom stereocenters. The monoisotopic (exact) mass is 380 g/mol. The van der Waals surface area contributed by atoms with Gasteiger partial charge in [0.15, 0.2) is 0 Å². The van der Waals surface area contributed by atoms with Crippen molar-refractivity contribution in [1.29, 1.82) is 0 Å². The molecule has 1 fully saturated rings. The lowest BCUT2D eigenvalue weighted by Crippen LogP contribution is -2.35. The predicted octanol–water partition coefficient (Wildman–Crippen LogP) is 3.73. The zero-order chi connectivity index (χ0) is 19.9. The third kappa shape index (κ3) is 4.34. The Morgan fingerprint density at radius 1 is 0.964 bits per heavy atom. The number of carbonyl (C=O) groups is 2. The number of rotatable bonds is 8. The second-order valence-corrected chi connectivity index (χ2v) is 6.37. The van der Waals surface area contributed by atoms with Crippen molar-refractivity contribution in [3.8, 4) is 11.5 Å². The van der Waals surface area contributed by atoms with Gasteiger partial charge in [0.05, 0.1) is 18.9 Å². The number of para-hydroxylation sites is 1. The van der Waals surface area contributed by atoms with Gasteiger partial charge in [-0.1, -0.05) is 32.0 Å².